The van der Waals surface area contributed by atoms with Gasteiger partial charge in [-0.25, -0.2) is 0 Å². The first-order valence-electron chi connectivity index (χ1n) is 5.70. The van der Waals surface area contributed by atoms with E-state index in [1.54, 1.807) is 0 Å². The second-order valence-electron chi connectivity index (χ2n) is 4.40. The molecule has 0 saturated carbocycles. The Bertz CT molecular complexity index is 372. The predicted octanol–water partition coefficient (Wildman–Crippen LogP) is 1.29. The molecular formula is C11H18ClN3O. The Morgan fingerprint density at radius 1 is 1.50 bits per heavy atom. The van der Waals surface area contributed by atoms with Gasteiger partial charge in [0.2, 0.25) is 0 Å². The maximum Gasteiger partial charge on any atom is 0.0860 e. The summed E-state index contributed by atoms with van der Waals surface area (Å²) in [5, 5.41) is 14.1. The van der Waals surface area contributed by atoms with Crippen LogP contribution in [-0.4, -0.2) is 39.5 Å². The van der Waals surface area contributed by atoms with Crippen LogP contribution in [0.25, 0.3) is 0 Å². The minimum absolute atomic E-state index is 0.288. The van der Waals surface area contributed by atoms with Gasteiger partial charge in [0.15, 0.2) is 0 Å². The molecular weight excluding hydrogens is 226 g/mol. The number of halogens is 1. The van der Waals surface area contributed by atoms with E-state index in [-0.39, 0.29) is 6.61 Å². The Morgan fingerprint density at radius 2 is 2.19 bits per heavy atom. The number of nitrogens with zero attached hydrogens (tertiary/aromatic N) is 3. The zero-order valence-corrected chi connectivity index (χ0v) is 10.5. The molecule has 0 spiro atoms. The molecule has 5 heteroatoms. The molecule has 1 saturated heterocycles. The summed E-state index contributed by atoms with van der Waals surface area (Å²) in [6, 6.07) is 0. The molecule has 0 amide bonds. The lowest BCUT2D eigenvalue weighted by atomic mass is 10.0. The van der Waals surface area contributed by atoms with E-state index in [2.05, 4.69) is 16.9 Å². The quantitative estimate of drug-likeness (QED) is 0.867. The van der Waals surface area contributed by atoms with Gasteiger partial charge in [-0.1, -0.05) is 11.6 Å². The fourth-order valence-corrected chi connectivity index (χ4v) is 2.35. The first-order chi connectivity index (χ1) is 7.65. The van der Waals surface area contributed by atoms with Gasteiger partial charge in [-0.2, -0.15) is 5.10 Å². The Kier molecular flexibility index (Phi) is 3.52. The van der Waals surface area contributed by atoms with Crippen molar-refractivity contribution >= 4 is 11.6 Å². The second kappa shape index (κ2) is 4.73. The van der Waals surface area contributed by atoms with Crippen molar-refractivity contribution in [1.29, 1.82) is 0 Å². The summed E-state index contributed by atoms with van der Waals surface area (Å²) in [5.74, 6) is 0.442. The van der Waals surface area contributed by atoms with Crippen LogP contribution >= 0.6 is 11.6 Å². The van der Waals surface area contributed by atoms with Crippen molar-refractivity contribution in [2.24, 2.45) is 5.92 Å². The third-order valence-corrected chi connectivity index (χ3v) is 3.61. The van der Waals surface area contributed by atoms with Gasteiger partial charge < -0.3 is 5.11 Å². The number of hydrogen-bond donors (Lipinski definition) is 1. The van der Waals surface area contributed by atoms with Gasteiger partial charge in [0.05, 0.1) is 16.4 Å². The predicted molar refractivity (Wildman–Crippen MR) is 63.5 cm³/mol. The van der Waals surface area contributed by atoms with Gasteiger partial charge in [-0.05, 0) is 13.8 Å². The zero-order valence-electron chi connectivity index (χ0n) is 9.78. The van der Waals surface area contributed by atoms with Crippen LogP contribution in [0.3, 0.4) is 0 Å². The number of aryl methyl sites for hydroxylation is 2. The largest absolute Gasteiger partial charge is 0.396 e. The normalized spacial score (nSPS) is 17.8. The first-order valence-corrected chi connectivity index (χ1v) is 6.08. The molecule has 0 aromatic carbocycles. The molecule has 16 heavy (non-hydrogen) atoms. The number of aliphatic hydroxyl groups is 1. The molecule has 90 valence electrons. The van der Waals surface area contributed by atoms with Crippen molar-refractivity contribution in [2.45, 2.75) is 26.9 Å². The van der Waals surface area contributed by atoms with E-state index in [1.165, 1.54) is 0 Å². The van der Waals surface area contributed by atoms with Gasteiger partial charge in [0.25, 0.3) is 0 Å². The molecule has 2 rings (SSSR count). The Labute approximate surface area is 101 Å². The summed E-state index contributed by atoms with van der Waals surface area (Å²) >= 11 is 6.23. The molecule has 0 radical (unpaired) electrons. The second-order valence-corrected chi connectivity index (χ2v) is 4.78. The van der Waals surface area contributed by atoms with Crippen molar-refractivity contribution in [2.75, 3.05) is 19.7 Å². The van der Waals surface area contributed by atoms with Gasteiger partial charge in [-0.3, -0.25) is 9.58 Å². The van der Waals surface area contributed by atoms with Crippen molar-refractivity contribution < 1.29 is 5.11 Å². The zero-order chi connectivity index (χ0) is 11.7. The maximum atomic E-state index is 8.96. The third kappa shape index (κ3) is 2.10. The molecule has 1 N–H and O–H groups in total. The molecule has 4 nitrogen and oxygen atoms in total. The van der Waals surface area contributed by atoms with Crippen molar-refractivity contribution in [3.05, 3.63) is 16.4 Å². The van der Waals surface area contributed by atoms with Crippen molar-refractivity contribution in [1.82, 2.24) is 14.7 Å². The van der Waals surface area contributed by atoms with Crippen LogP contribution in [0.4, 0.5) is 0 Å². The lowest BCUT2D eigenvalue weighted by Gasteiger charge is -2.38. The summed E-state index contributed by atoms with van der Waals surface area (Å²) in [4.78, 5) is 2.29. The Morgan fingerprint density at radius 3 is 2.75 bits per heavy atom. The fraction of sp³-hybridized carbons (Fsp3) is 0.727. The molecule has 2 heterocycles. The average Bonchev–Trinajstić information content (AvgIpc) is 2.49. The third-order valence-electron chi connectivity index (χ3n) is 3.12. The van der Waals surface area contributed by atoms with E-state index >= 15 is 0 Å². The minimum atomic E-state index is 0.288. The lowest BCUT2D eigenvalue weighted by Crippen LogP contribution is -2.47. The Hall–Kier alpha value is -0.580. The van der Waals surface area contributed by atoms with Crippen LogP contribution in [0.5, 0.6) is 0 Å². The van der Waals surface area contributed by atoms with Gasteiger partial charge in [0.1, 0.15) is 0 Å². The maximum absolute atomic E-state index is 8.96. The highest BCUT2D eigenvalue weighted by molar-refractivity contribution is 6.31. The van der Waals surface area contributed by atoms with Crippen molar-refractivity contribution in [3.63, 3.8) is 0 Å². The highest BCUT2D eigenvalue weighted by Crippen LogP contribution is 2.25. The molecule has 0 bridgehead atoms. The van der Waals surface area contributed by atoms with Crippen molar-refractivity contribution in [3.8, 4) is 0 Å². The molecule has 0 unspecified atom stereocenters. The summed E-state index contributed by atoms with van der Waals surface area (Å²) < 4.78 is 1.96. The molecule has 1 aliphatic heterocycles. The van der Waals surface area contributed by atoms with E-state index < -0.39 is 0 Å². The van der Waals surface area contributed by atoms with Gasteiger partial charge in [0, 0.05) is 38.7 Å². The standard InChI is InChI=1S/C11H18ClN3O/c1-3-15-10(11(12)8(2)13-15)6-14-4-9(5-14)7-16/h9,16H,3-7H2,1-2H3. The lowest BCUT2D eigenvalue weighted by molar-refractivity contribution is 0.0460. The van der Waals surface area contributed by atoms with Crippen LogP contribution in [-0.2, 0) is 13.1 Å². The summed E-state index contributed by atoms with van der Waals surface area (Å²) in [5.41, 5.74) is 2.00. The molecule has 1 aromatic heterocycles. The molecule has 1 fully saturated rings. The topological polar surface area (TPSA) is 41.3 Å². The van der Waals surface area contributed by atoms with Gasteiger partial charge in [-0.15, -0.1) is 0 Å². The van der Waals surface area contributed by atoms with E-state index in [0.29, 0.717) is 5.92 Å². The van der Waals surface area contributed by atoms with E-state index in [4.69, 9.17) is 16.7 Å². The van der Waals surface area contributed by atoms with Crippen LogP contribution in [0, 0.1) is 12.8 Å². The van der Waals surface area contributed by atoms with E-state index in [1.807, 2.05) is 11.6 Å². The van der Waals surface area contributed by atoms with Gasteiger partial charge >= 0.3 is 0 Å². The van der Waals surface area contributed by atoms with Crippen LogP contribution in [0.1, 0.15) is 18.3 Å². The van der Waals surface area contributed by atoms with E-state index in [9.17, 15) is 0 Å². The first kappa shape index (κ1) is 11.9. The average molecular weight is 244 g/mol. The summed E-state index contributed by atoms with van der Waals surface area (Å²) in [6.45, 7) is 7.89. The molecule has 1 aromatic rings. The number of aromatic nitrogens is 2. The monoisotopic (exact) mass is 243 g/mol. The highest BCUT2D eigenvalue weighted by Gasteiger charge is 2.27. The Balaban J connectivity index is 2.04. The van der Waals surface area contributed by atoms with Crippen LogP contribution in [0.15, 0.2) is 0 Å². The minimum Gasteiger partial charge on any atom is -0.396 e. The highest BCUT2D eigenvalue weighted by atomic mass is 35.5. The van der Waals surface area contributed by atoms with Crippen LogP contribution < -0.4 is 0 Å². The van der Waals surface area contributed by atoms with Crippen LogP contribution in [0.2, 0.25) is 5.02 Å². The van der Waals surface area contributed by atoms with E-state index in [0.717, 1.165) is 42.6 Å². The number of rotatable bonds is 4. The number of likely N-dealkylation sites (tertiary alicyclic amines) is 1. The molecule has 0 atom stereocenters. The summed E-state index contributed by atoms with van der Waals surface area (Å²) in [7, 11) is 0. The SMILES string of the molecule is CCn1nc(C)c(Cl)c1CN1CC(CO)C1. The molecule has 1 aliphatic rings. The fourth-order valence-electron chi connectivity index (χ4n) is 2.15. The number of hydrogen-bond acceptors (Lipinski definition) is 3. The summed E-state index contributed by atoms with van der Waals surface area (Å²) in [6.07, 6.45) is 0. The number of aliphatic hydroxyl groups excluding tert-OH is 1. The molecule has 0 aliphatic carbocycles. The smallest absolute Gasteiger partial charge is 0.0860 e.